The number of hydrogen-bond donors (Lipinski definition) is 2. The van der Waals surface area contributed by atoms with Gasteiger partial charge in [0, 0.05) is 22.2 Å². The number of hydrazine groups is 1. The molecule has 1 aliphatic rings. The van der Waals surface area contributed by atoms with Crippen LogP contribution in [0, 0.1) is 10.1 Å². The molecule has 3 rings (SSSR count). The zero-order valence-electron chi connectivity index (χ0n) is 12.1. The van der Waals surface area contributed by atoms with Gasteiger partial charge in [-0.3, -0.25) is 10.1 Å². The molecule has 8 heteroatoms. The molecule has 6 nitrogen and oxygen atoms in total. The highest BCUT2D eigenvalue weighted by Gasteiger charge is 2.39. The Morgan fingerprint density at radius 2 is 1.87 bits per heavy atom. The van der Waals surface area contributed by atoms with Gasteiger partial charge in [0.05, 0.1) is 10.6 Å². The van der Waals surface area contributed by atoms with Crippen LogP contribution in [-0.2, 0) is 5.66 Å². The van der Waals surface area contributed by atoms with Crippen LogP contribution < -0.4 is 15.8 Å². The van der Waals surface area contributed by atoms with Crippen LogP contribution in [0.25, 0.3) is 0 Å². The molecule has 0 aliphatic carbocycles. The van der Waals surface area contributed by atoms with Gasteiger partial charge in [-0.15, -0.1) is 0 Å². The second kappa shape index (κ2) is 5.88. The van der Waals surface area contributed by atoms with Crippen molar-refractivity contribution < 1.29 is 4.92 Å². The Hall–Kier alpha value is -2.03. The molecule has 23 heavy (non-hydrogen) atoms. The summed E-state index contributed by atoms with van der Waals surface area (Å²) in [7, 11) is 0. The van der Waals surface area contributed by atoms with Crippen molar-refractivity contribution in [3.63, 3.8) is 0 Å². The first kappa shape index (κ1) is 15.9. The first-order valence-electron chi connectivity index (χ1n) is 6.80. The molecule has 0 unspecified atom stereocenters. The van der Waals surface area contributed by atoms with Crippen LogP contribution in [0.4, 0.5) is 11.4 Å². The zero-order valence-corrected chi connectivity index (χ0v) is 14.5. The van der Waals surface area contributed by atoms with E-state index in [1.165, 1.54) is 12.1 Å². The fraction of sp³-hybridized carbons (Fsp3) is 0.133. The molecule has 2 aromatic carbocycles. The summed E-state index contributed by atoms with van der Waals surface area (Å²) in [6, 6.07) is 14.1. The summed E-state index contributed by atoms with van der Waals surface area (Å²) in [6.07, 6.45) is 0. The van der Waals surface area contributed by atoms with E-state index in [1.807, 2.05) is 31.2 Å². The first-order valence-corrected chi connectivity index (χ1v) is 8.00. The van der Waals surface area contributed by atoms with Gasteiger partial charge >= 0.3 is 0 Å². The summed E-state index contributed by atoms with van der Waals surface area (Å²) >= 11 is 8.95. The average Bonchev–Trinajstić information content (AvgIpc) is 2.83. The maximum Gasteiger partial charge on any atom is 0.269 e. The number of halogens is 1. The van der Waals surface area contributed by atoms with Crippen LogP contribution in [0.1, 0.15) is 12.5 Å². The molecule has 0 amide bonds. The molecule has 1 heterocycles. The van der Waals surface area contributed by atoms with Gasteiger partial charge < -0.3 is 5.32 Å². The van der Waals surface area contributed by atoms with Crippen LogP contribution in [0.15, 0.2) is 53.0 Å². The molecular weight excluding hydrogens is 380 g/mol. The Kier molecular flexibility index (Phi) is 4.05. The minimum Gasteiger partial charge on any atom is -0.338 e. The summed E-state index contributed by atoms with van der Waals surface area (Å²) < 4.78 is 0.954. The molecule has 1 saturated heterocycles. The number of non-ortho nitro benzene ring substituents is 1. The number of anilines is 1. The molecule has 1 fully saturated rings. The molecule has 0 saturated carbocycles. The highest BCUT2D eigenvalue weighted by Crippen LogP contribution is 2.31. The SMILES string of the molecule is C[C@]1(c2ccccc2Br)NC(=S)N(c2ccc([N+](=O)[O-])cc2)N1. The van der Waals surface area contributed by atoms with Crippen molar-refractivity contribution in [2.45, 2.75) is 12.6 Å². The van der Waals surface area contributed by atoms with Crippen LogP contribution >= 0.6 is 28.1 Å². The van der Waals surface area contributed by atoms with Crippen LogP contribution in [0.5, 0.6) is 0 Å². The number of nitro groups is 1. The van der Waals surface area contributed by atoms with Crippen molar-refractivity contribution in [2.75, 3.05) is 5.01 Å². The Morgan fingerprint density at radius 1 is 1.22 bits per heavy atom. The lowest BCUT2D eigenvalue weighted by molar-refractivity contribution is -0.384. The highest BCUT2D eigenvalue weighted by molar-refractivity contribution is 9.10. The quantitative estimate of drug-likeness (QED) is 0.473. The van der Waals surface area contributed by atoms with E-state index in [-0.39, 0.29) is 5.69 Å². The summed E-state index contributed by atoms with van der Waals surface area (Å²) in [6.45, 7) is 1.98. The van der Waals surface area contributed by atoms with Gasteiger partial charge in [0.1, 0.15) is 5.66 Å². The average molecular weight is 393 g/mol. The van der Waals surface area contributed by atoms with Gasteiger partial charge in [-0.2, -0.15) is 5.43 Å². The molecule has 2 N–H and O–H groups in total. The predicted octanol–water partition coefficient (Wildman–Crippen LogP) is 3.43. The molecule has 2 aromatic rings. The van der Waals surface area contributed by atoms with Gasteiger partial charge in [0.25, 0.3) is 5.69 Å². The third-order valence-electron chi connectivity index (χ3n) is 3.63. The largest absolute Gasteiger partial charge is 0.338 e. The number of thiocarbonyl (C=S) groups is 1. The van der Waals surface area contributed by atoms with E-state index in [4.69, 9.17) is 12.2 Å². The molecule has 0 aromatic heterocycles. The fourth-order valence-corrected chi connectivity index (χ4v) is 3.51. The van der Waals surface area contributed by atoms with E-state index < -0.39 is 10.6 Å². The third-order valence-corrected chi connectivity index (χ3v) is 4.60. The molecule has 118 valence electrons. The van der Waals surface area contributed by atoms with E-state index in [0.717, 1.165) is 15.7 Å². The summed E-state index contributed by atoms with van der Waals surface area (Å²) in [5, 5.41) is 16.2. The summed E-state index contributed by atoms with van der Waals surface area (Å²) in [5.41, 5.74) is 4.51. The molecule has 1 aliphatic heterocycles. The maximum absolute atomic E-state index is 10.8. The molecular formula is C15H13BrN4O2S. The smallest absolute Gasteiger partial charge is 0.269 e. The lowest BCUT2D eigenvalue weighted by Gasteiger charge is -2.27. The number of nitrogens with zero attached hydrogens (tertiary/aromatic N) is 2. The lowest BCUT2D eigenvalue weighted by atomic mass is 10.0. The fourth-order valence-electron chi connectivity index (χ4n) is 2.47. The van der Waals surface area contributed by atoms with E-state index in [2.05, 4.69) is 26.7 Å². The minimum atomic E-state index is -0.584. The standard InChI is InChI=1S/C15H13BrN4O2S/c1-15(12-4-2-3-5-13(12)16)17-14(23)19(18-15)10-6-8-11(9-7-10)20(21)22/h2-9,18H,1H3,(H,17,23)/t15-/m0/s1. The number of benzene rings is 2. The Morgan fingerprint density at radius 3 is 2.48 bits per heavy atom. The van der Waals surface area contributed by atoms with Crippen molar-refractivity contribution in [2.24, 2.45) is 0 Å². The summed E-state index contributed by atoms with van der Waals surface area (Å²) in [4.78, 5) is 10.3. The number of rotatable bonds is 3. The number of nitrogens with one attached hydrogen (secondary N) is 2. The third kappa shape index (κ3) is 2.92. The van der Waals surface area contributed by atoms with Gasteiger partial charge in [-0.05, 0) is 37.3 Å². The topological polar surface area (TPSA) is 70.4 Å². The second-order valence-electron chi connectivity index (χ2n) is 5.26. The highest BCUT2D eigenvalue weighted by atomic mass is 79.9. The molecule has 0 bridgehead atoms. The van der Waals surface area contributed by atoms with Crippen molar-refractivity contribution in [3.8, 4) is 0 Å². The molecule has 0 radical (unpaired) electrons. The van der Waals surface area contributed by atoms with Crippen LogP contribution in [0.2, 0.25) is 0 Å². The van der Waals surface area contributed by atoms with Crippen molar-refractivity contribution in [1.82, 2.24) is 10.7 Å². The van der Waals surface area contributed by atoms with E-state index in [0.29, 0.717) is 5.11 Å². The normalized spacial score (nSPS) is 20.4. The Labute approximate surface area is 146 Å². The first-order chi connectivity index (χ1) is 10.9. The van der Waals surface area contributed by atoms with E-state index >= 15 is 0 Å². The van der Waals surface area contributed by atoms with Gasteiger partial charge in [0.15, 0.2) is 5.11 Å². The summed E-state index contributed by atoms with van der Waals surface area (Å²) in [5.74, 6) is 0. The monoisotopic (exact) mass is 392 g/mol. The van der Waals surface area contributed by atoms with Crippen molar-refractivity contribution in [3.05, 3.63) is 68.7 Å². The van der Waals surface area contributed by atoms with Gasteiger partial charge in [-0.25, -0.2) is 5.01 Å². The van der Waals surface area contributed by atoms with Crippen LogP contribution in [0.3, 0.4) is 0 Å². The van der Waals surface area contributed by atoms with Crippen LogP contribution in [-0.4, -0.2) is 10.0 Å². The zero-order chi connectivity index (χ0) is 16.6. The van der Waals surface area contributed by atoms with E-state index in [1.54, 1.807) is 17.1 Å². The van der Waals surface area contributed by atoms with Gasteiger partial charge in [0.2, 0.25) is 0 Å². The lowest BCUT2D eigenvalue weighted by Crippen LogP contribution is -2.46. The number of nitro benzene ring substituents is 1. The second-order valence-corrected chi connectivity index (χ2v) is 6.50. The van der Waals surface area contributed by atoms with E-state index in [9.17, 15) is 10.1 Å². The molecule has 0 spiro atoms. The molecule has 1 atom stereocenters. The Bertz CT molecular complexity index is 783. The van der Waals surface area contributed by atoms with Gasteiger partial charge in [-0.1, -0.05) is 34.1 Å². The predicted molar refractivity (Wildman–Crippen MR) is 95.9 cm³/mol. The maximum atomic E-state index is 10.8. The minimum absolute atomic E-state index is 0.0420. The Balaban J connectivity index is 1.90. The van der Waals surface area contributed by atoms with Crippen molar-refractivity contribution in [1.29, 1.82) is 0 Å². The van der Waals surface area contributed by atoms with Crippen molar-refractivity contribution >= 4 is 44.6 Å². The number of hydrogen-bond acceptors (Lipinski definition) is 4.